The van der Waals surface area contributed by atoms with E-state index in [0.29, 0.717) is 5.92 Å². The van der Waals surface area contributed by atoms with Gasteiger partial charge in [0.1, 0.15) is 0 Å². The summed E-state index contributed by atoms with van der Waals surface area (Å²) in [5.41, 5.74) is 1.29. The largest absolute Gasteiger partial charge is 0.0811 e. The lowest BCUT2D eigenvalue weighted by atomic mass is 9.98. The topological polar surface area (TPSA) is 0 Å². The van der Waals surface area contributed by atoms with Crippen LogP contribution < -0.4 is 0 Å². The first-order valence-corrected chi connectivity index (χ1v) is 5.41. The highest BCUT2D eigenvalue weighted by molar-refractivity contribution is 5.48. The smallest absolute Gasteiger partial charge is 0.0256 e. The molecule has 0 aliphatic carbocycles. The Labute approximate surface area is 87.7 Å². The summed E-state index contributed by atoms with van der Waals surface area (Å²) in [6, 6.07) is 10.5. The first kappa shape index (κ1) is 11.0. The van der Waals surface area contributed by atoms with Gasteiger partial charge in [0.25, 0.3) is 0 Å². The summed E-state index contributed by atoms with van der Waals surface area (Å²) in [4.78, 5) is 0. The second-order valence-corrected chi connectivity index (χ2v) is 4.38. The molecule has 1 aromatic carbocycles. The fourth-order valence-electron chi connectivity index (χ4n) is 1.66. The zero-order chi connectivity index (χ0) is 10.4. The van der Waals surface area contributed by atoms with Crippen molar-refractivity contribution in [1.29, 1.82) is 0 Å². The Bertz CT molecular complexity index is 269. The Hall–Kier alpha value is -1.04. The molecule has 0 spiro atoms. The lowest BCUT2D eigenvalue weighted by Crippen LogP contribution is -1.95. The van der Waals surface area contributed by atoms with Crippen molar-refractivity contribution in [2.45, 2.75) is 27.2 Å². The van der Waals surface area contributed by atoms with Gasteiger partial charge in [-0.15, -0.1) is 0 Å². The van der Waals surface area contributed by atoms with E-state index in [1.807, 2.05) is 0 Å². The van der Waals surface area contributed by atoms with Crippen LogP contribution >= 0.6 is 0 Å². The third-order valence-electron chi connectivity index (χ3n) is 2.26. The maximum absolute atomic E-state index is 2.30. The Balaban J connectivity index is 2.48. The first-order valence-electron chi connectivity index (χ1n) is 5.41. The van der Waals surface area contributed by atoms with Crippen LogP contribution in [0.1, 0.15) is 32.8 Å². The van der Waals surface area contributed by atoms with Crippen molar-refractivity contribution in [3.05, 3.63) is 42.0 Å². The van der Waals surface area contributed by atoms with Crippen LogP contribution in [0, 0.1) is 11.8 Å². The van der Waals surface area contributed by atoms with Gasteiger partial charge in [-0.05, 0) is 23.8 Å². The number of benzene rings is 1. The lowest BCUT2D eigenvalue weighted by Gasteiger charge is -2.08. The fraction of sp³-hybridized carbons (Fsp3) is 0.429. The highest BCUT2D eigenvalue weighted by Gasteiger charge is 1.99. The third kappa shape index (κ3) is 4.27. The molecule has 0 fully saturated rings. The van der Waals surface area contributed by atoms with Crippen LogP contribution in [0.4, 0.5) is 0 Å². The second-order valence-electron chi connectivity index (χ2n) is 4.38. The summed E-state index contributed by atoms with van der Waals surface area (Å²) < 4.78 is 0. The molecule has 0 aliphatic heterocycles. The molecule has 1 aromatic rings. The SMILES string of the molecule is CC(C)CC(C)C=Cc1ccccc1. The molecule has 0 heterocycles. The highest BCUT2D eigenvalue weighted by atomic mass is 14.1. The van der Waals surface area contributed by atoms with E-state index in [2.05, 4.69) is 63.3 Å². The normalized spacial score (nSPS) is 13.7. The number of rotatable bonds is 4. The van der Waals surface area contributed by atoms with Crippen LogP contribution in [-0.4, -0.2) is 0 Å². The van der Waals surface area contributed by atoms with Gasteiger partial charge < -0.3 is 0 Å². The molecule has 76 valence electrons. The van der Waals surface area contributed by atoms with Crippen molar-refractivity contribution in [3.8, 4) is 0 Å². The Kier molecular flexibility index (Phi) is 4.45. The van der Waals surface area contributed by atoms with Crippen LogP contribution in [0.5, 0.6) is 0 Å². The maximum atomic E-state index is 2.30. The van der Waals surface area contributed by atoms with Crippen LogP contribution in [0.25, 0.3) is 6.08 Å². The highest BCUT2D eigenvalue weighted by Crippen LogP contribution is 2.13. The molecule has 0 heteroatoms. The van der Waals surface area contributed by atoms with Gasteiger partial charge in [0.2, 0.25) is 0 Å². The van der Waals surface area contributed by atoms with Crippen molar-refractivity contribution in [2.24, 2.45) is 11.8 Å². The minimum atomic E-state index is 0.676. The predicted molar refractivity (Wildman–Crippen MR) is 64.1 cm³/mol. The summed E-state index contributed by atoms with van der Waals surface area (Å²) in [5.74, 6) is 1.46. The molecule has 0 nitrogen and oxygen atoms in total. The summed E-state index contributed by atoms with van der Waals surface area (Å²) in [7, 11) is 0. The van der Waals surface area contributed by atoms with Crippen LogP contribution in [0.15, 0.2) is 36.4 Å². The molecule has 14 heavy (non-hydrogen) atoms. The van der Waals surface area contributed by atoms with E-state index in [4.69, 9.17) is 0 Å². The quantitative estimate of drug-likeness (QED) is 0.657. The van der Waals surface area contributed by atoms with E-state index in [-0.39, 0.29) is 0 Å². The van der Waals surface area contributed by atoms with Gasteiger partial charge in [0.15, 0.2) is 0 Å². The molecule has 1 unspecified atom stereocenters. The van der Waals surface area contributed by atoms with Gasteiger partial charge >= 0.3 is 0 Å². The van der Waals surface area contributed by atoms with Crippen molar-refractivity contribution in [2.75, 3.05) is 0 Å². The van der Waals surface area contributed by atoms with Crippen LogP contribution in [-0.2, 0) is 0 Å². The Morgan fingerprint density at radius 1 is 1.07 bits per heavy atom. The molecule has 0 aromatic heterocycles. The van der Waals surface area contributed by atoms with Gasteiger partial charge in [0.05, 0.1) is 0 Å². The van der Waals surface area contributed by atoms with Gasteiger partial charge in [-0.2, -0.15) is 0 Å². The van der Waals surface area contributed by atoms with Crippen molar-refractivity contribution in [3.63, 3.8) is 0 Å². The molecule has 0 saturated carbocycles. The number of hydrogen-bond donors (Lipinski definition) is 0. The first-order chi connectivity index (χ1) is 6.68. The molecule has 0 aliphatic rings. The molecule has 0 saturated heterocycles. The number of hydrogen-bond acceptors (Lipinski definition) is 0. The Morgan fingerprint density at radius 2 is 1.71 bits per heavy atom. The van der Waals surface area contributed by atoms with E-state index >= 15 is 0 Å². The van der Waals surface area contributed by atoms with E-state index < -0.39 is 0 Å². The Morgan fingerprint density at radius 3 is 2.29 bits per heavy atom. The summed E-state index contributed by atoms with van der Waals surface area (Å²) in [6.45, 7) is 6.82. The second kappa shape index (κ2) is 5.64. The molecule has 1 atom stereocenters. The van der Waals surface area contributed by atoms with E-state index in [9.17, 15) is 0 Å². The third-order valence-corrected chi connectivity index (χ3v) is 2.26. The van der Waals surface area contributed by atoms with Crippen molar-refractivity contribution < 1.29 is 0 Å². The average Bonchev–Trinajstić information content (AvgIpc) is 2.15. The summed E-state index contributed by atoms with van der Waals surface area (Å²) in [5, 5.41) is 0. The fourth-order valence-corrected chi connectivity index (χ4v) is 1.66. The van der Waals surface area contributed by atoms with Gasteiger partial charge in [-0.25, -0.2) is 0 Å². The molecule has 0 amide bonds. The average molecular weight is 188 g/mol. The number of allylic oxidation sites excluding steroid dienone is 1. The zero-order valence-electron chi connectivity index (χ0n) is 9.40. The molecular weight excluding hydrogens is 168 g/mol. The molecular formula is C14H20. The standard InChI is InChI=1S/C14H20/c1-12(2)11-13(3)9-10-14-7-5-4-6-8-14/h4-10,12-13H,11H2,1-3H3. The van der Waals surface area contributed by atoms with Crippen molar-refractivity contribution in [1.82, 2.24) is 0 Å². The summed E-state index contributed by atoms with van der Waals surface area (Å²) >= 11 is 0. The minimum Gasteiger partial charge on any atom is -0.0811 e. The van der Waals surface area contributed by atoms with Gasteiger partial charge in [-0.1, -0.05) is 63.3 Å². The van der Waals surface area contributed by atoms with E-state index in [0.717, 1.165) is 5.92 Å². The van der Waals surface area contributed by atoms with Crippen LogP contribution in [0.3, 0.4) is 0 Å². The van der Waals surface area contributed by atoms with Crippen LogP contribution in [0.2, 0.25) is 0 Å². The van der Waals surface area contributed by atoms with E-state index in [1.165, 1.54) is 12.0 Å². The summed E-state index contributed by atoms with van der Waals surface area (Å²) in [6.07, 6.45) is 5.78. The molecule has 0 bridgehead atoms. The molecule has 0 N–H and O–H groups in total. The van der Waals surface area contributed by atoms with Gasteiger partial charge in [0, 0.05) is 0 Å². The zero-order valence-corrected chi connectivity index (χ0v) is 9.40. The lowest BCUT2D eigenvalue weighted by molar-refractivity contribution is 0.504. The molecule has 0 radical (unpaired) electrons. The molecule has 1 rings (SSSR count). The predicted octanol–water partition coefficient (Wildman–Crippen LogP) is 4.38. The maximum Gasteiger partial charge on any atom is -0.0256 e. The minimum absolute atomic E-state index is 0.676. The van der Waals surface area contributed by atoms with Gasteiger partial charge in [-0.3, -0.25) is 0 Å². The van der Waals surface area contributed by atoms with E-state index in [1.54, 1.807) is 0 Å². The monoisotopic (exact) mass is 188 g/mol. The van der Waals surface area contributed by atoms with Crippen molar-refractivity contribution >= 4 is 6.08 Å².